The summed E-state index contributed by atoms with van der Waals surface area (Å²) in [5.41, 5.74) is 1.30. The van der Waals surface area contributed by atoms with Crippen molar-refractivity contribution in [2.45, 2.75) is 0 Å². The van der Waals surface area contributed by atoms with Gasteiger partial charge in [-0.25, -0.2) is 0 Å². The van der Waals surface area contributed by atoms with E-state index in [1.807, 2.05) is 7.05 Å². The Bertz CT molecular complexity index is 629. The minimum atomic E-state index is -0.165. The lowest BCUT2D eigenvalue weighted by Gasteiger charge is -2.04. The standard InChI is InChI=1S/C14H14N2O3/c1-16-9-10(8-15-16)3-5-12(17)11-4-6-13(18)14(7-11)19-2/h3-9,18H,1-2H3. The van der Waals surface area contributed by atoms with Crippen LogP contribution in [0.2, 0.25) is 0 Å². The average molecular weight is 258 g/mol. The maximum Gasteiger partial charge on any atom is 0.185 e. The van der Waals surface area contributed by atoms with Crippen LogP contribution in [-0.2, 0) is 7.05 Å². The van der Waals surface area contributed by atoms with E-state index in [0.29, 0.717) is 5.56 Å². The van der Waals surface area contributed by atoms with Crippen LogP contribution in [0.3, 0.4) is 0 Å². The van der Waals surface area contributed by atoms with Gasteiger partial charge in [-0.1, -0.05) is 0 Å². The maximum absolute atomic E-state index is 12.0. The summed E-state index contributed by atoms with van der Waals surface area (Å²) in [7, 11) is 3.25. The lowest BCUT2D eigenvalue weighted by molar-refractivity contribution is 0.104. The molecule has 0 atom stereocenters. The van der Waals surface area contributed by atoms with Crippen molar-refractivity contribution in [2.75, 3.05) is 7.11 Å². The number of ketones is 1. The molecule has 0 aliphatic heterocycles. The van der Waals surface area contributed by atoms with Crippen molar-refractivity contribution < 1.29 is 14.6 Å². The highest BCUT2D eigenvalue weighted by molar-refractivity contribution is 6.07. The summed E-state index contributed by atoms with van der Waals surface area (Å²) in [6.07, 6.45) is 6.62. The number of hydrogen-bond donors (Lipinski definition) is 1. The Morgan fingerprint density at radius 1 is 1.47 bits per heavy atom. The Balaban J connectivity index is 2.18. The van der Waals surface area contributed by atoms with Crippen LogP contribution in [-0.4, -0.2) is 27.8 Å². The molecule has 0 radical (unpaired) electrons. The molecular formula is C14H14N2O3. The molecule has 5 nitrogen and oxygen atoms in total. The van der Waals surface area contributed by atoms with Gasteiger partial charge < -0.3 is 9.84 Å². The molecule has 0 saturated carbocycles. The largest absolute Gasteiger partial charge is 0.504 e. The van der Waals surface area contributed by atoms with Gasteiger partial charge in [0, 0.05) is 24.4 Å². The predicted octanol–water partition coefficient (Wildman–Crippen LogP) is 2.03. The van der Waals surface area contributed by atoms with E-state index in [2.05, 4.69) is 5.10 Å². The number of methoxy groups -OCH3 is 1. The molecule has 0 aliphatic rings. The van der Waals surface area contributed by atoms with Crippen molar-refractivity contribution >= 4 is 11.9 Å². The molecule has 19 heavy (non-hydrogen) atoms. The van der Waals surface area contributed by atoms with Gasteiger partial charge in [0.15, 0.2) is 17.3 Å². The third kappa shape index (κ3) is 3.01. The molecule has 1 aromatic heterocycles. The minimum absolute atomic E-state index is 0.00953. The molecule has 1 N–H and O–H groups in total. The number of rotatable bonds is 4. The number of ether oxygens (including phenoxy) is 1. The number of aromatic hydroxyl groups is 1. The van der Waals surface area contributed by atoms with Crippen LogP contribution in [0.15, 0.2) is 36.7 Å². The fourth-order valence-electron chi connectivity index (χ4n) is 1.63. The van der Waals surface area contributed by atoms with Gasteiger partial charge in [0.2, 0.25) is 0 Å². The molecule has 0 spiro atoms. The molecule has 5 heteroatoms. The number of nitrogens with zero attached hydrogens (tertiary/aromatic N) is 2. The zero-order valence-electron chi connectivity index (χ0n) is 10.7. The number of aryl methyl sites for hydroxylation is 1. The number of phenols is 1. The minimum Gasteiger partial charge on any atom is -0.504 e. The molecule has 98 valence electrons. The first-order valence-electron chi connectivity index (χ1n) is 5.68. The highest BCUT2D eigenvalue weighted by Gasteiger charge is 2.07. The van der Waals surface area contributed by atoms with Crippen LogP contribution >= 0.6 is 0 Å². The topological polar surface area (TPSA) is 64.3 Å². The van der Waals surface area contributed by atoms with E-state index < -0.39 is 0 Å². The van der Waals surface area contributed by atoms with E-state index in [0.717, 1.165) is 5.56 Å². The van der Waals surface area contributed by atoms with Crippen molar-refractivity contribution in [1.82, 2.24) is 9.78 Å². The molecule has 1 aromatic carbocycles. The molecule has 0 fully saturated rings. The summed E-state index contributed by atoms with van der Waals surface area (Å²) < 4.78 is 6.62. The molecular weight excluding hydrogens is 244 g/mol. The third-order valence-electron chi connectivity index (χ3n) is 2.62. The van der Waals surface area contributed by atoms with Crippen LogP contribution in [0.4, 0.5) is 0 Å². The van der Waals surface area contributed by atoms with E-state index in [1.165, 1.54) is 25.3 Å². The number of benzene rings is 1. The smallest absolute Gasteiger partial charge is 0.185 e. The SMILES string of the molecule is COc1cc(C(=O)C=Cc2cnn(C)c2)ccc1O. The number of phenolic OH excluding ortho intramolecular Hbond substituents is 1. The summed E-state index contributed by atoms with van der Waals surface area (Å²) in [4.78, 5) is 12.0. The van der Waals surface area contributed by atoms with Crippen molar-refractivity contribution in [3.05, 3.63) is 47.8 Å². The van der Waals surface area contributed by atoms with Gasteiger partial charge in [0.05, 0.1) is 13.3 Å². The first kappa shape index (κ1) is 12.9. The van der Waals surface area contributed by atoms with Crippen LogP contribution in [0.5, 0.6) is 11.5 Å². The van der Waals surface area contributed by atoms with E-state index >= 15 is 0 Å². The highest BCUT2D eigenvalue weighted by atomic mass is 16.5. The molecule has 0 aliphatic carbocycles. The summed E-state index contributed by atoms with van der Waals surface area (Å²) in [5, 5.41) is 13.5. The molecule has 0 unspecified atom stereocenters. The normalized spacial score (nSPS) is 10.8. The molecule has 1 heterocycles. The Labute approximate surface area is 110 Å². The third-order valence-corrected chi connectivity index (χ3v) is 2.62. The van der Waals surface area contributed by atoms with Gasteiger partial charge >= 0.3 is 0 Å². The zero-order chi connectivity index (χ0) is 13.8. The summed E-state index contributed by atoms with van der Waals surface area (Å²) >= 11 is 0. The lowest BCUT2D eigenvalue weighted by Crippen LogP contribution is -1.95. The monoisotopic (exact) mass is 258 g/mol. The maximum atomic E-state index is 12.0. The molecule has 0 saturated heterocycles. The molecule has 0 bridgehead atoms. The average Bonchev–Trinajstić information content (AvgIpc) is 2.82. The summed E-state index contributed by atoms with van der Waals surface area (Å²) in [5.74, 6) is 0.123. The molecule has 2 aromatic rings. The van der Waals surface area contributed by atoms with Crippen LogP contribution < -0.4 is 4.74 Å². The van der Waals surface area contributed by atoms with E-state index in [-0.39, 0.29) is 17.3 Å². The van der Waals surface area contributed by atoms with E-state index in [9.17, 15) is 9.90 Å². The quantitative estimate of drug-likeness (QED) is 0.673. The molecule has 2 rings (SSSR count). The Morgan fingerprint density at radius 2 is 2.26 bits per heavy atom. The second-order valence-corrected chi connectivity index (χ2v) is 4.03. The highest BCUT2D eigenvalue weighted by Crippen LogP contribution is 2.26. The van der Waals surface area contributed by atoms with Crippen molar-refractivity contribution in [2.24, 2.45) is 7.05 Å². The summed E-state index contributed by atoms with van der Waals surface area (Å²) in [6.45, 7) is 0. The number of carbonyl (C=O) groups excluding carboxylic acids is 1. The van der Waals surface area contributed by atoms with Crippen molar-refractivity contribution in [3.63, 3.8) is 0 Å². The Hall–Kier alpha value is -2.56. The van der Waals surface area contributed by atoms with Crippen molar-refractivity contribution in [3.8, 4) is 11.5 Å². The Morgan fingerprint density at radius 3 is 2.89 bits per heavy atom. The van der Waals surface area contributed by atoms with Crippen LogP contribution in [0.25, 0.3) is 6.08 Å². The van der Waals surface area contributed by atoms with Crippen molar-refractivity contribution in [1.29, 1.82) is 0 Å². The van der Waals surface area contributed by atoms with Gasteiger partial charge in [0.25, 0.3) is 0 Å². The second-order valence-electron chi connectivity index (χ2n) is 4.03. The van der Waals surface area contributed by atoms with Gasteiger partial charge in [-0.2, -0.15) is 5.10 Å². The molecule has 0 amide bonds. The fraction of sp³-hybridized carbons (Fsp3) is 0.143. The summed E-state index contributed by atoms with van der Waals surface area (Å²) in [6, 6.07) is 4.49. The van der Waals surface area contributed by atoms with Crippen LogP contribution in [0, 0.1) is 0 Å². The van der Waals surface area contributed by atoms with Gasteiger partial charge in [-0.15, -0.1) is 0 Å². The first-order chi connectivity index (χ1) is 9.10. The fourth-order valence-corrected chi connectivity index (χ4v) is 1.63. The second kappa shape index (κ2) is 5.39. The number of carbonyl (C=O) groups is 1. The predicted molar refractivity (Wildman–Crippen MR) is 71.2 cm³/mol. The number of allylic oxidation sites excluding steroid dienone is 1. The van der Waals surface area contributed by atoms with Gasteiger partial charge in [-0.05, 0) is 30.4 Å². The van der Waals surface area contributed by atoms with E-state index in [1.54, 1.807) is 29.2 Å². The van der Waals surface area contributed by atoms with E-state index in [4.69, 9.17) is 4.74 Å². The lowest BCUT2D eigenvalue weighted by atomic mass is 10.1. The first-order valence-corrected chi connectivity index (χ1v) is 5.68. The Kier molecular flexibility index (Phi) is 3.66. The van der Waals surface area contributed by atoms with Gasteiger partial charge in [-0.3, -0.25) is 9.48 Å². The number of hydrogen-bond acceptors (Lipinski definition) is 4. The zero-order valence-corrected chi connectivity index (χ0v) is 10.7. The number of aromatic nitrogens is 2. The van der Waals surface area contributed by atoms with Gasteiger partial charge in [0.1, 0.15) is 0 Å². The van der Waals surface area contributed by atoms with Crippen LogP contribution in [0.1, 0.15) is 15.9 Å².